The molecule has 1 amide bonds. The van der Waals surface area contributed by atoms with Gasteiger partial charge in [-0.15, -0.1) is 11.8 Å². The number of carbonyl (C=O) groups is 1. The molecule has 2 heterocycles. The Morgan fingerprint density at radius 3 is 3.10 bits per heavy atom. The normalized spacial score (nSPS) is 24.6. The lowest BCUT2D eigenvalue weighted by Crippen LogP contribution is -2.24. The summed E-state index contributed by atoms with van der Waals surface area (Å²) in [4.78, 5) is 10.8. The van der Waals surface area contributed by atoms with Crippen LogP contribution < -0.4 is 5.32 Å². The third kappa shape index (κ3) is 0.944. The first-order valence-electron chi connectivity index (χ1n) is 3.51. The third-order valence-electron chi connectivity index (χ3n) is 1.88. The zero-order chi connectivity index (χ0) is 6.97. The molecule has 0 aromatic carbocycles. The van der Waals surface area contributed by atoms with Gasteiger partial charge in [0.25, 0.3) is 0 Å². The first-order valence-corrected chi connectivity index (χ1v) is 4.49. The molecule has 10 heavy (non-hydrogen) atoms. The van der Waals surface area contributed by atoms with E-state index in [4.69, 9.17) is 0 Å². The highest BCUT2D eigenvalue weighted by atomic mass is 32.2. The molecule has 0 unspecified atom stereocenters. The van der Waals surface area contributed by atoms with E-state index >= 15 is 0 Å². The van der Waals surface area contributed by atoms with Gasteiger partial charge in [-0.05, 0) is 18.4 Å². The van der Waals surface area contributed by atoms with Gasteiger partial charge in [0.2, 0.25) is 5.91 Å². The summed E-state index contributed by atoms with van der Waals surface area (Å²) in [5.74, 6) is 1.35. The van der Waals surface area contributed by atoms with Gasteiger partial charge in [0.05, 0.1) is 5.03 Å². The lowest BCUT2D eigenvalue weighted by Gasteiger charge is -2.13. The molecule has 0 bridgehead atoms. The molecule has 2 aliphatic heterocycles. The van der Waals surface area contributed by atoms with Crippen LogP contribution in [0.15, 0.2) is 10.6 Å². The van der Waals surface area contributed by atoms with E-state index in [9.17, 15) is 4.79 Å². The van der Waals surface area contributed by atoms with Gasteiger partial charge >= 0.3 is 0 Å². The fourth-order valence-electron chi connectivity index (χ4n) is 1.31. The average Bonchev–Trinajstić information content (AvgIpc) is 2.33. The van der Waals surface area contributed by atoms with Crippen LogP contribution in [-0.2, 0) is 4.79 Å². The molecule has 0 aliphatic carbocycles. The standard InChI is InChI=1S/C7H9NOS/c9-6-2-1-5-3-4-10-7(5)8-6/h1-4H2,(H,8,9). The fraction of sp³-hybridized carbons (Fsp3) is 0.571. The minimum Gasteiger partial charge on any atom is -0.321 e. The van der Waals surface area contributed by atoms with E-state index in [2.05, 4.69) is 5.32 Å². The van der Waals surface area contributed by atoms with Gasteiger partial charge in [0.1, 0.15) is 0 Å². The largest absolute Gasteiger partial charge is 0.321 e. The highest BCUT2D eigenvalue weighted by molar-refractivity contribution is 8.03. The monoisotopic (exact) mass is 155 g/mol. The van der Waals surface area contributed by atoms with E-state index in [0.29, 0.717) is 6.42 Å². The number of nitrogens with one attached hydrogen (secondary N) is 1. The number of thioether (sulfide) groups is 1. The predicted octanol–water partition coefficient (Wildman–Crippen LogP) is 1.24. The third-order valence-corrected chi connectivity index (χ3v) is 2.97. The Hall–Kier alpha value is -0.440. The molecule has 2 nitrogen and oxygen atoms in total. The highest BCUT2D eigenvalue weighted by Gasteiger charge is 2.21. The Morgan fingerprint density at radius 1 is 1.30 bits per heavy atom. The Kier molecular flexibility index (Phi) is 1.45. The molecule has 0 aromatic heterocycles. The van der Waals surface area contributed by atoms with Gasteiger partial charge in [-0.3, -0.25) is 4.79 Å². The molecular formula is C7H9NOS. The minimum atomic E-state index is 0.188. The van der Waals surface area contributed by atoms with Crippen LogP contribution in [0.2, 0.25) is 0 Å². The minimum absolute atomic E-state index is 0.188. The van der Waals surface area contributed by atoms with Crippen molar-refractivity contribution in [3.05, 3.63) is 10.6 Å². The van der Waals surface area contributed by atoms with E-state index in [-0.39, 0.29) is 5.91 Å². The fourth-order valence-corrected chi connectivity index (χ4v) is 2.46. The first kappa shape index (κ1) is 6.28. The number of carbonyl (C=O) groups excluding carboxylic acids is 1. The van der Waals surface area contributed by atoms with Crippen LogP contribution in [0.3, 0.4) is 0 Å². The number of hydrogen-bond donors (Lipinski definition) is 1. The molecule has 3 heteroatoms. The van der Waals surface area contributed by atoms with Crippen LogP contribution in [0.5, 0.6) is 0 Å². The molecule has 2 aliphatic rings. The van der Waals surface area contributed by atoms with Crippen LogP contribution in [0.4, 0.5) is 0 Å². The number of rotatable bonds is 0. The van der Waals surface area contributed by atoms with Crippen molar-refractivity contribution in [1.29, 1.82) is 0 Å². The number of hydrogen-bond acceptors (Lipinski definition) is 2. The van der Waals surface area contributed by atoms with E-state index < -0.39 is 0 Å². The highest BCUT2D eigenvalue weighted by Crippen LogP contribution is 2.34. The van der Waals surface area contributed by atoms with Crippen LogP contribution in [0, 0.1) is 0 Å². The van der Waals surface area contributed by atoms with Gasteiger partial charge in [0.15, 0.2) is 0 Å². The van der Waals surface area contributed by atoms with Crippen molar-refractivity contribution in [3.8, 4) is 0 Å². The first-order chi connectivity index (χ1) is 4.86. The summed E-state index contributed by atoms with van der Waals surface area (Å²) < 4.78 is 0. The van der Waals surface area contributed by atoms with Crippen molar-refractivity contribution in [3.63, 3.8) is 0 Å². The summed E-state index contributed by atoms with van der Waals surface area (Å²) in [5.41, 5.74) is 1.46. The van der Waals surface area contributed by atoms with E-state index in [1.54, 1.807) is 11.8 Å². The van der Waals surface area contributed by atoms with Crippen LogP contribution in [0.1, 0.15) is 19.3 Å². The Bertz CT molecular complexity index is 210. The van der Waals surface area contributed by atoms with Crippen molar-refractivity contribution in [2.75, 3.05) is 5.75 Å². The quantitative estimate of drug-likeness (QED) is 0.570. The Morgan fingerprint density at radius 2 is 2.20 bits per heavy atom. The molecule has 0 spiro atoms. The second-order valence-electron chi connectivity index (χ2n) is 2.58. The second kappa shape index (κ2) is 2.31. The maximum Gasteiger partial charge on any atom is 0.225 e. The van der Waals surface area contributed by atoms with Crippen LogP contribution in [-0.4, -0.2) is 11.7 Å². The zero-order valence-electron chi connectivity index (χ0n) is 5.64. The van der Waals surface area contributed by atoms with E-state index in [1.165, 1.54) is 12.0 Å². The predicted molar refractivity (Wildman–Crippen MR) is 41.5 cm³/mol. The molecule has 0 fully saturated rings. The van der Waals surface area contributed by atoms with Crippen molar-refractivity contribution < 1.29 is 4.79 Å². The molecule has 0 atom stereocenters. The van der Waals surface area contributed by atoms with Gasteiger partial charge in [-0.25, -0.2) is 0 Å². The van der Waals surface area contributed by atoms with E-state index in [0.717, 1.165) is 17.2 Å². The molecule has 0 aromatic rings. The zero-order valence-corrected chi connectivity index (χ0v) is 6.46. The summed E-state index contributed by atoms with van der Waals surface area (Å²) in [7, 11) is 0. The van der Waals surface area contributed by atoms with Gasteiger partial charge < -0.3 is 5.32 Å². The molecular weight excluding hydrogens is 146 g/mol. The van der Waals surface area contributed by atoms with Crippen LogP contribution in [0.25, 0.3) is 0 Å². The average molecular weight is 155 g/mol. The summed E-state index contributed by atoms with van der Waals surface area (Å²) >= 11 is 1.78. The lowest BCUT2D eigenvalue weighted by molar-refractivity contribution is -0.120. The summed E-state index contributed by atoms with van der Waals surface area (Å²) in [6.45, 7) is 0. The smallest absolute Gasteiger partial charge is 0.225 e. The number of amides is 1. The molecule has 1 N–H and O–H groups in total. The maximum absolute atomic E-state index is 10.8. The van der Waals surface area contributed by atoms with Crippen molar-refractivity contribution >= 4 is 17.7 Å². The Labute approximate surface area is 64.1 Å². The van der Waals surface area contributed by atoms with Crippen LogP contribution >= 0.6 is 11.8 Å². The van der Waals surface area contributed by atoms with Gasteiger partial charge in [0, 0.05) is 12.2 Å². The molecule has 54 valence electrons. The topological polar surface area (TPSA) is 29.1 Å². The lowest BCUT2D eigenvalue weighted by atomic mass is 10.1. The number of allylic oxidation sites excluding steroid dienone is 1. The second-order valence-corrected chi connectivity index (χ2v) is 3.68. The van der Waals surface area contributed by atoms with Crippen molar-refractivity contribution in [2.24, 2.45) is 0 Å². The summed E-state index contributed by atoms with van der Waals surface area (Å²) in [6.07, 6.45) is 2.87. The maximum atomic E-state index is 10.8. The molecule has 0 radical (unpaired) electrons. The van der Waals surface area contributed by atoms with Gasteiger partial charge in [-0.2, -0.15) is 0 Å². The molecule has 0 saturated heterocycles. The van der Waals surface area contributed by atoms with Gasteiger partial charge in [-0.1, -0.05) is 0 Å². The van der Waals surface area contributed by atoms with E-state index in [1.807, 2.05) is 0 Å². The molecule has 0 saturated carbocycles. The SMILES string of the molecule is O=C1CCC2=C(N1)SCC2. The van der Waals surface area contributed by atoms with Crippen molar-refractivity contribution in [1.82, 2.24) is 5.32 Å². The Balaban J connectivity index is 2.21. The van der Waals surface area contributed by atoms with Crippen molar-refractivity contribution in [2.45, 2.75) is 19.3 Å². The summed E-state index contributed by atoms with van der Waals surface area (Å²) in [5, 5.41) is 4.03. The molecule has 2 rings (SSSR count). The summed E-state index contributed by atoms with van der Waals surface area (Å²) in [6, 6.07) is 0.